The molecule has 0 atom stereocenters. The summed E-state index contributed by atoms with van der Waals surface area (Å²) in [6.07, 6.45) is 6.05. The van der Waals surface area contributed by atoms with Crippen LogP contribution in [0, 0.1) is 5.82 Å². The van der Waals surface area contributed by atoms with Crippen molar-refractivity contribution in [3.05, 3.63) is 41.2 Å². The number of allylic oxidation sites excluding steroid dienone is 1. The molecule has 1 fully saturated rings. The molecule has 1 saturated carbocycles. The van der Waals surface area contributed by atoms with Crippen LogP contribution in [0.2, 0.25) is 0 Å². The number of hydrogen-bond donors (Lipinski definition) is 1. The molecule has 2 N–H and O–H groups in total. The van der Waals surface area contributed by atoms with Gasteiger partial charge in [0.15, 0.2) is 0 Å². The second-order valence-corrected chi connectivity index (χ2v) is 4.16. The summed E-state index contributed by atoms with van der Waals surface area (Å²) in [4.78, 5) is 0. The molecule has 0 saturated heterocycles. The first-order valence-electron chi connectivity index (χ1n) is 5.45. The molecule has 0 radical (unpaired) electrons. The molecule has 0 aliphatic heterocycles. The van der Waals surface area contributed by atoms with Crippen molar-refractivity contribution < 1.29 is 4.39 Å². The van der Waals surface area contributed by atoms with E-state index in [1.165, 1.54) is 11.6 Å². The van der Waals surface area contributed by atoms with Gasteiger partial charge in [-0.05, 0) is 31.7 Å². The van der Waals surface area contributed by atoms with Crippen LogP contribution in [0.3, 0.4) is 0 Å². The van der Waals surface area contributed by atoms with Crippen LogP contribution in [-0.2, 0) is 0 Å². The largest absolute Gasteiger partial charge is 0.328 e. The van der Waals surface area contributed by atoms with Gasteiger partial charge in [-0.2, -0.15) is 0 Å². The van der Waals surface area contributed by atoms with Gasteiger partial charge in [-0.3, -0.25) is 0 Å². The van der Waals surface area contributed by atoms with Gasteiger partial charge in [-0.15, -0.1) is 0 Å². The normalized spacial score (nSPS) is 21.5. The van der Waals surface area contributed by atoms with Crippen molar-refractivity contribution in [2.75, 3.05) is 0 Å². The average Bonchev–Trinajstić information content (AvgIpc) is 2.25. The molecule has 80 valence electrons. The van der Waals surface area contributed by atoms with Crippen LogP contribution < -0.4 is 5.73 Å². The predicted octanol–water partition coefficient (Wildman–Crippen LogP) is 3.11. The van der Waals surface area contributed by atoms with Crippen molar-refractivity contribution in [1.29, 1.82) is 0 Å². The van der Waals surface area contributed by atoms with E-state index in [-0.39, 0.29) is 5.82 Å². The zero-order chi connectivity index (χ0) is 10.7. The molecule has 2 heteroatoms. The molecule has 15 heavy (non-hydrogen) atoms. The van der Waals surface area contributed by atoms with Gasteiger partial charge in [-0.25, -0.2) is 4.39 Å². The minimum atomic E-state index is -0.139. The van der Waals surface area contributed by atoms with Crippen molar-refractivity contribution in [2.24, 2.45) is 5.73 Å². The van der Waals surface area contributed by atoms with E-state index in [1.807, 2.05) is 18.2 Å². The lowest BCUT2D eigenvalue weighted by Gasteiger charge is -2.20. The van der Waals surface area contributed by atoms with Crippen LogP contribution in [0.25, 0.3) is 6.08 Å². The maximum atomic E-state index is 13.4. The third-order valence-electron chi connectivity index (χ3n) is 2.94. The first-order valence-corrected chi connectivity index (χ1v) is 5.45. The summed E-state index contributed by atoms with van der Waals surface area (Å²) >= 11 is 0. The number of hydrogen-bond acceptors (Lipinski definition) is 1. The Bertz CT molecular complexity index is 361. The van der Waals surface area contributed by atoms with Crippen LogP contribution in [0.15, 0.2) is 29.8 Å². The van der Waals surface area contributed by atoms with Crippen molar-refractivity contribution in [3.63, 3.8) is 0 Å². The summed E-state index contributed by atoms with van der Waals surface area (Å²) in [5, 5.41) is 0. The van der Waals surface area contributed by atoms with Crippen molar-refractivity contribution in [3.8, 4) is 0 Å². The zero-order valence-electron chi connectivity index (χ0n) is 8.75. The summed E-state index contributed by atoms with van der Waals surface area (Å²) in [6.45, 7) is 0. The Balaban J connectivity index is 2.13. The highest BCUT2D eigenvalue weighted by Crippen LogP contribution is 2.25. The van der Waals surface area contributed by atoms with E-state index in [9.17, 15) is 4.39 Å². The van der Waals surface area contributed by atoms with Gasteiger partial charge < -0.3 is 5.73 Å². The summed E-state index contributed by atoms with van der Waals surface area (Å²) in [5.74, 6) is -0.139. The van der Waals surface area contributed by atoms with E-state index in [0.717, 1.165) is 25.7 Å². The lowest BCUT2D eigenvalue weighted by Crippen LogP contribution is -2.23. The third-order valence-corrected chi connectivity index (χ3v) is 2.94. The zero-order valence-corrected chi connectivity index (χ0v) is 8.75. The highest BCUT2D eigenvalue weighted by molar-refractivity contribution is 5.53. The van der Waals surface area contributed by atoms with Crippen LogP contribution >= 0.6 is 0 Å². The van der Waals surface area contributed by atoms with E-state index in [2.05, 4.69) is 0 Å². The van der Waals surface area contributed by atoms with Crippen molar-refractivity contribution in [1.82, 2.24) is 0 Å². The Morgan fingerprint density at radius 2 is 1.87 bits per heavy atom. The van der Waals surface area contributed by atoms with Gasteiger partial charge in [0.1, 0.15) is 5.82 Å². The molecule has 0 heterocycles. The average molecular weight is 205 g/mol. The Morgan fingerprint density at radius 1 is 1.20 bits per heavy atom. The molecular formula is C13H16FN. The summed E-state index contributed by atoms with van der Waals surface area (Å²) in [6, 6.07) is 7.23. The first kappa shape index (κ1) is 10.4. The SMILES string of the molecule is NC1CCC(=Cc2ccccc2F)CC1. The molecule has 0 amide bonds. The maximum absolute atomic E-state index is 13.4. The van der Waals surface area contributed by atoms with E-state index in [1.54, 1.807) is 6.07 Å². The Morgan fingerprint density at radius 3 is 2.53 bits per heavy atom. The topological polar surface area (TPSA) is 26.0 Å². The molecule has 1 aliphatic carbocycles. The smallest absolute Gasteiger partial charge is 0.130 e. The number of halogens is 1. The summed E-state index contributed by atoms with van der Waals surface area (Å²) in [7, 11) is 0. The minimum absolute atomic E-state index is 0.139. The quantitative estimate of drug-likeness (QED) is 0.749. The maximum Gasteiger partial charge on any atom is 0.130 e. The fourth-order valence-electron chi connectivity index (χ4n) is 1.97. The highest BCUT2D eigenvalue weighted by atomic mass is 19.1. The van der Waals surface area contributed by atoms with Crippen LogP contribution in [0.1, 0.15) is 31.2 Å². The van der Waals surface area contributed by atoms with Gasteiger partial charge in [0.2, 0.25) is 0 Å². The van der Waals surface area contributed by atoms with E-state index in [4.69, 9.17) is 5.73 Å². The molecule has 0 unspecified atom stereocenters. The molecular weight excluding hydrogens is 189 g/mol. The van der Waals surface area contributed by atoms with E-state index in [0.29, 0.717) is 11.6 Å². The molecule has 0 bridgehead atoms. The summed E-state index contributed by atoms with van der Waals surface area (Å²) < 4.78 is 13.4. The molecule has 0 aromatic heterocycles. The van der Waals surface area contributed by atoms with Gasteiger partial charge >= 0.3 is 0 Å². The molecule has 1 aliphatic rings. The Hall–Kier alpha value is -1.15. The highest BCUT2D eigenvalue weighted by Gasteiger charge is 2.12. The monoisotopic (exact) mass is 205 g/mol. The molecule has 1 aromatic carbocycles. The van der Waals surface area contributed by atoms with Gasteiger partial charge in [0, 0.05) is 11.6 Å². The van der Waals surface area contributed by atoms with Gasteiger partial charge in [0.25, 0.3) is 0 Å². The molecule has 0 spiro atoms. The second kappa shape index (κ2) is 4.58. The predicted molar refractivity (Wildman–Crippen MR) is 60.8 cm³/mol. The molecule has 1 aromatic rings. The van der Waals surface area contributed by atoms with Crippen LogP contribution in [-0.4, -0.2) is 6.04 Å². The number of benzene rings is 1. The second-order valence-electron chi connectivity index (χ2n) is 4.16. The molecule has 2 rings (SSSR count). The standard InChI is InChI=1S/C13H16FN/c14-13-4-2-1-3-11(13)9-10-5-7-12(15)8-6-10/h1-4,9,12H,5-8,15H2. The van der Waals surface area contributed by atoms with E-state index < -0.39 is 0 Å². The van der Waals surface area contributed by atoms with Crippen LogP contribution in [0.5, 0.6) is 0 Å². The Labute approximate surface area is 89.8 Å². The van der Waals surface area contributed by atoms with Crippen LogP contribution in [0.4, 0.5) is 4.39 Å². The lowest BCUT2D eigenvalue weighted by molar-refractivity contribution is 0.514. The number of nitrogens with two attached hydrogens (primary N) is 1. The van der Waals surface area contributed by atoms with Gasteiger partial charge in [-0.1, -0.05) is 29.8 Å². The van der Waals surface area contributed by atoms with Gasteiger partial charge in [0.05, 0.1) is 0 Å². The minimum Gasteiger partial charge on any atom is -0.328 e. The lowest BCUT2D eigenvalue weighted by atomic mass is 9.90. The molecule has 1 nitrogen and oxygen atoms in total. The third kappa shape index (κ3) is 2.66. The van der Waals surface area contributed by atoms with Crippen molar-refractivity contribution in [2.45, 2.75) is 31.7 Å². The van der Waals surface area contributed by atoms with E-state index >= 15 is 0 Å². The fraction of sp³-hybridized carbons (Fsp3) is 0.385. The summed E-state index contributed by atoms with van der Waals surface area (Å²) in [5.41, 5.74) is 7.84. The number of rotatable bonds is 1. The fourth-order valence-corrected chi connectivity index (χ4v) is 1.97. The van der Waals surface area contributed by atoms with Crippen molar-refractivity contribution >= 4 is 6.08 Å². The first-order chi connectivity index (χ1) is 7.25. The Kier molecular flexibility index (Phi) is 3.17.